The van der Waals surface area contributed by atoms with Gasteiger partial charge in [-0.25, -0.2) is 0 Å². The topological polar surface area (TPSA) is 82.4 Å². The van der Waals surface area contributed by atoms with E-state index in [4.69, 9.17) is 12.2 Å². The summed E-state index contributed by atoms with van der Waals surface area (Å²) in [6.07, 6.45) is 2.07. The lowest BCUT2D eigenvalue weighted by Gasteiger charge is -2.16. The Morgan fingerprint density at radius 2 is 2.04 bits per heavy atom. The molecule has 134 valence electrons. The average Bonchev–Trinajstić information content (AvgIpc) is 2.64. The molecule has 6 nitrogen and oxygen atoms in total. The van der Waals surface area contributed by atoms with E-state index >= 15 is 0 Å². The largest absolute Gasteiger partial charge is 0.494 e. The van der Waals surface area contributed by atoms with Gasteiger partial charge in [0, 0.05) is 11.4 Å². The molecule has 7 heteroatoms. The van der Waals surface area contributed by atoms with E-state index < -0.39 is 5.56 Å². The van der Waals surface area contributed by atoms with Gasteiger partial charge in [0.05, 0.1) is 11.9 Å². The first-order valence-electron chi connectivity index (χ1n) is 8.37. The van der Waals surface area contributed by atoms with E-state index in [9.17, 15) is 9.90 Å². The highest BCUT2D eigenvalue weighted by atomic mass is 32.1. The van der Waals surface area contributed by atoms with Crippen molar-refractivity contribution in [3.63, 3.8) is 0 Å². The second-order valence-electron chi connectivity index (χ2n) is 6.02. The minimum atomic E-state index is -0.476. The summed E-state index contributed by atoms with van der Waals surface area (Å²) in [7, 11) is 0. The number of nitrogens with zero attached hydrogens (tertiary/aromatic N) is 2. The third kappa shape index (κ3) is 3.39. The number of benzene rings is 2. The van der Waals surface area contributed by atoms with Crippen LogP contribution in [-0.4, -0.2) is 20.9 Å². The van der Waals surface area contributed by atoms with Crippen LogP contribution in [0.5, 0.6) is 5.88 Å². The van der Waals surface area contributed by atoms with Crippen LogP contribution in [0.3, 0.4) is 0 Å². The van der Waals surface area contributed by atoms with Gasteiger partial charge in [0.1, 0.15) is 5.56 Å². The molecule has 3 rings (SSSR count). The molecule has 3 aromatic rings. The Balaban J connectivity index is 1.96. The van der Waals surface area contributed by atoms with Crippen LogP contribution in [0.25, 0.3) is 10.8 Å². The van der Waals surface area contributed by atoms with Crippen LogP contribution in [0.1, 0.15) is 31.9 Å². The number of aromatic nitrogens is 2. The van der Waals surface area contributed by atoms with Crippen LogP contribution in [0.2, 0.25) is 0 Å². The minimum Gasteiger partial charge on any atom is -0.494 e. The summed E-state index contributed by atoms with van der Waals surface area (Å²) in [5, 5.41) is 16.7. The first kappa shape index (κ1) is 17.9. The van der Waals surface area contributed by atoms with Gasteiger partial charge in [-0.15, -0.1) is 0 Å². The Morgan fingerprint density at radius 1 is 1.31 bits per heavy atom. The number of fused-ring (bicyclic) bond motifs is 1. The molecule has 0 spiro atoms. The van der Waals surface area contributed by atoms with E-state index in [0.717, 1.165) is 22.9 Å². The lowest BCUT2D eigenvalue weighted by molar-refractivity contribution is 0.371. The molecule has 1 unspecified atom stereocenters. The second kappa shape index (κ2) is 7.53. The maximum absolute atomic E-state index is 12.2. The minimum absolute atomic E-state index is 0.0440. The molecule has 0 bridgehead atoms. The number of aromatic hydroxyl groups is 1. The number of H-pyrrole nitrogens is 1. The fraction of sp³-hybridized carbons (Fsp3) is 0.211. The number of hydrogen-bond acceptors (Lipinski definition) is 5. The highest BCUT2D eigenvalue weighted by Gasteiger charge is 2.14. The smallest absolute Gasteiger partial charge is 0.264 e. The van der Waals surface area contributed by atoms with Gasteiger partial charge in [-0.05, 0) is 37.0 Å². The highest BCUT2D eigenvalue weighted by Crippen LogP contribution is 2.23. The molecule has 0 amide bonds. The molecule has 0 saturated heterocycles. The normalized spacial score (nSPS) is 12.5. The van der Waals surface area contributed by atoms with E-state index in [1.165, 1.54) is 10.8 Å². The van der Waals surface area contributed by atoms with Gasteiger partial charge in [0.15, 0.2) is 4.77 Å². The van der Waals surface area contributed by atoms with Crippen molar-refractivity contribution >= 4 is 34.9 Å². The monoisotopic (exact) mass is 368 g/mol. The molecule has 0 fully saturated rings. The van der Waals surface area contributed by atoms with Gasteiger partial charge in [-0.2, -0.15) is 5.10 Å². The van der Waals surface area contributed by atoms with Crippen LogP contribution in [0.4, 0.5) is 5.69 Å². The molecular formula is C19H20N4O2S. The van der Waals surface area contributed by atoms with Crippen LogP contribution in [0, 0.1) is 4.77 Å². The Hall–Kier alpha value is -2.93. The molecule has 2 aromatic carbocycles. The molecule has 26 heavy (non-hydrogen) atoms. The Labute approximate surface area is 155 Å². The SMILES string of the molecule is CCC(C)n1c(O)c(C=NNc2cccc3ccccc23)c(=O)[nH]c1=S. The lowest BCUT2D eigenvalue weighted by atomic mass is 10.1. The Morgan fingerprint density at radius 3 is 2.81 bits per heavy atom. The summed E-state index contributed by atoms with van der Waals surface area (Å²) in [6.45, 7) is 3.90. The van der Waals surface area contributed by atoms with Crippen molar-refractivity contribution in [3.05, 3.63) is 63.2 Å². The van der Waals surface area contributed by atoms with Crippen LogP contribution < -0.4 is 11.0 Å². The van der Waals surface area contributed by atoms with E-state index in [1.54, 1.807) is 0 Å². The molecule has 3 N–H and O–H groups in total. The molecule has 0 aliphatic rings. The van der Waals surface area contributed by atoms with Crippen molar-refractivity contribution in [3.8, 4) is 5.88 Å². The zero-order valence-corrected chi connectivity index (χ0v) is 15.4. The molecule has 0 saturated carbocycles. The van der Waals surface area contributed by atoms with E-state index in [1.807, 2.05) is 56.3 Å². The molecular weight excluding hydrogens is 348 g/mol. The van der Waals surface area contributed by atoms with E-state index in [-0.39, 0.29) is 22.3 Å². The van der Waals surface area contributed by atoms with Crippen molar-refractivity contribution in [2.45, 2.75) is 26.3 Å². The first-order valence-corrected chi connectivity index (χ1v) is 8.78. The van der Waals surface area contributed by atoms with Crippen LogP contribution in [-0.2, 0) is 0 Å². The van der Waals surface area contributed by atoms with Gasteiger partial charge in [-0.3, -0.25) is 19.8 Å². The molecule has 1 atom stereocenters. The Kier molecular flexibility index (Phi) is 5.18. The summed E-state index contributed by atoms with van der Waals surface area (Å²) < 4.78 is 1.72. The number of hydrogen-bond donors (Lipinski definition) is 3. The number of aromatic amines is 1. The molecule has 0 radical (unpaired) electrons. The van der Waals surface area contributed by atoms with Crippen molar-refractivity contribution in [2.75, 3.05) is 5.43 Å². The molecule has 1 heterocycles. The first-order chi connectivity index (χ1) is 12.5. The predicted molar refractivity (Wildman–Crippen MR) is 108 cm³/mol. The Bertz CT molecular complexity index is 1080. The predicted octanol–water partition coefficient (Wildman–Crippen LogP) is 4.18. The number of rotatable bonds is 5. The molecule has 1 aromatic heterocycles. The fourth-order valence-electron chi connectivity index (χ4n) is 2.75. The summed E-state index contributed by atoms with van der Waals surface area (Å²) in [5.74, 6) is -0.184. The highest BCUT2D eigenvalue weighted by molar-refractivity contribution is 7.71. The van der Waals surface area contributed by atoms with Gasteiger partial charge in [0.2, 0.25) is 5.88 Å². The average molecular weight is 368 g/mol. The fourth-order valence-corrected chi connectivity index (χ4v) is 3.11. The van der Waals surface area contributed by atoms with Gasteiger partial charge >= 0.3 is 0 Å². The quantitative estimate of drug-likeness (QED) is 0.358. The van der Waals surface area contributed by atoms with Crippen LogP contribution in [0.15, 0.2) is 52.4 Å². The van der Waals surface area contributed by atoms with E-state index in [2.05, 4.69) is 15.5 Å². The molecule has 0 aliphatic heterocycles. The van der Waals surface area contributed by atoms with Gasteiger partial charge in [-0.1, -0.05) is 43.3 Å². The van der Waals surface area contributed by atoms with Gasteiger partial charge in [0.25, 0.3) is 5.56 Å². The third-order valence-electron chi connectivity index (χ3n) is 4.35. The van der Waals surface area contributed by atoms with Crippen molar-refractivity contribution < 1.29 is 5.11 Å². The number of anilines is 1. The van der Waals surface area contributed by atoms with Crippen molar-refractivity contribution in [2.24, 2.45) is 5.10 Å². The summed E-state index contributed by atoms with van der Waals surface area (Å²) in [5.41, 5.74) is 3.33. The summed E-state index contributed by atoms with van der Waals surface area (Å²) >= 11 is 5.16. The summed E-state index contributed by atoms with van der Waals surface area (Å²) in [4.78, 5) is 14.7. The van der Waals surface area contributed by atoms with E-state index in [0.29, 0.717) is 0 Å². The standard InChI is InChI=1S/C19H20N4O2S/c1-3-12(2)23-18(25)15(17(24)21-19(23)26)11-20-22-16-10-6-8-13-7-4-5-9-14(13)16/h4-12,22,25H,3H2,1-2H3,(H,21,24,26). The molecule has 0 aliphatic carbocycles. The maximum Gasteiger partial charge on any atom is 0.264 e. The lowest BCUT2D eigenvalue weighted by Crippen LogP contribution is -2.20. The zero-order valence-electron chi connectivity index (χ0n) is 14.6. The number of hydrazone groups is 1. The van der Waals surface area contributed by atoms with Crippen molar-refractivity contribution in [1.29, 1.82) is 0 Å². The van der Waals surface area contributed by atoms with Crippen LogP contribution >= 0.6 is 12.2 Å². The maximum atomic E-state index is 12.2. The van der Waals surface area contributed by atoms with Gasteiger partial charge < -0.3 is 5.11 Å². The zero-order chi connectivity index (χ0) is 18.7. The number of nitrogens with one attached hydrogen (secondary N) is 2. The second-order valence-corrected chi connectivity index (χ2v) is 6.41. The third-order valence-corrected chi connectivity index (χ3v) is 4.65. The van der Waals surface area contributed by atoms with Crippen molar-refractivity contribution in [1.82, 2.24) is 9.55 Å². The summed E-state index contributed by atoms with van der Waals surface area (Å²) in [6, 6.07) is 13.7.